The minimum atomic E-state index is -1.39. The van der Waals surface area contributed by atoms with Crippen LogP contribution in [-0.4, -0.2) is 26.5 Å². The van der Waals surface area contributed by atoms with Crippen LogP contribution in [-0.2, 0) is 21.7 Å². The summed E-state index contributed by atoms with van der Waals surface area (Å²) >= 11 is -1.39. The number of carboxylic acid groups (broad SMARTS) is 1. The molecule has 0 heterocycles. The summed E-state index contributed by atoms with van der Waals surface area (Å²) in [6.45, 7) is 0. The summed E-state index contributed by atoms with van der Waals surface area (Å²) in [5.41, 5.74) is 0.752. The van der Waals surface area contributed by atoms with Gasteiger partial charge in [-0.2, -0.15) is 0 Å². The van der Waals surface area contributed by atoms with Crippen LogP contribution in [0.25, 0.3) is 0 Å². The molecule has 4 nitrogen and oxygen atoms in total. The molecule has 0 bridgehead atoms. The van der Waals surface area contributed by atoms with Gasteiger partial charge in [0.2, 0.25) is 5.75 Å². The van der Waals surface area contributed by atoms with Gasteiger partial charge in [-0.05, 0) is 23.3 Å². The number of phenolic OH excluding ortho intramolecular Hbond substituents is 1. The number of phenols is 1. The highest BCUT2D eigenvalue weighted by molar-refractivity contribution is 7.91. The Kier molecular flexibility index (Phi) is 3.79. The molecule has 0 spiro atoms. The fraction of sp³-hybridized carbons (Fsp3) is 0.222. The lowest BCUT2D eigenvalue weighted by molar-refractivity contribution is -0.134. The molecule has 1 unspecified atom stereocenters. The summed E-state index contributed by atoms with van der Waals surface area (Å²) < 4.78 is 11.2. The average Bonchev–Trinajstić information content (AvgIpc) is 2.07. The molecule has 0 aliphatic carbocycles. The maximum atomic E-state index is 11.2. The molecule has 0 radical (unpaired) electrons. The minimum Gasteiger partial charge on any atom is -0.616 e. The molecule has 0 fully saturated rings. The quantitative estimate of drug-likeness (QED) is 0.724. The van der Waals surface area contributed by atoms with Crippen molar-refractivity contribution in [2.24, 2.45) is 0 Å². The Morgan fingerprint density at radius 3 is 2.43 bits per heavy atom. The van der Waals surface area contributed by atoms with E-state index < -0.39 is 17.1 Å². The monoisotopic (exact) mass is 214 g/mol. The molecule has 5 heteroatoms. The van der Waals surface area contributed by atoms with Gasteiger partial charge >= 0.3 is 5.97 Å². The Morgan fingerprint density at radius 2 is 1.93 bits per heavy atom. The van der Waals surface area contributed by atoms with E-state index in [9.17, 15) is 9.35 Å². The van der Waals surface area contributed by atoms with E-state index in [4.69, 9.17) is 10.2 Å². The molecule has 76 valence electrons. The van der Waals surface area contributed by atoms with Crippen LogP contribution in [0.1, 0.15) is 5.56 Å². The van der Waals surface area contributed by atoms with E-state index in [1.807, 2.05) is 0 Å². The second-order valence-corrected chi connectivity index (χ2v) is 4.25. The van der Waals surface area contributed by atoms with Crippen LogP contribution in [0.5, 0.6) is 5.75 Å². The van der Waals surface area contributed by atoms with Crippen molar-refractivity contribution in [2.45, 2.75) is 5.75 Å². The smallest absolute Gasteiger partial charge is 0.353 e. The third kappa shape index (κ3) is 3.68. The number of carbonyl (C=O) groups is 1. The normalized spacial score (nSPS) is 12.4. The van der Waals surface area contributed by atoms with Crippen molar-refractivity contribution in [3.63, 3.8) is 0 Å². The Labute approximate surface area is 84.4 Å². The Morgan fingerprint density at radius 1 is 1.36 bits per heavy atom. The van der Waals surface area contributed by atoms with Gasteiger partial charge in [0.1, 0.15) is 11.5 Å². The summed E-state index contributed by atoms with van der Waals surface area (Å²) in [5, 5.41) is 17.3. The fourth-order valence-corrected chi connectivity index (χ4v) is 1.91. The van der Waals surface area contributed by atoms with Crippen LogP contribution in [0.4, 0.5) is 0 Å². The second-order valence-electron chi connectivity index (χ2n) is 2.79. The molecule has 0 aliphatic rings. The van der Waals surface area contributed by atoms with Crippen molar-refractivity contribution in [2.75, 3.05) is 5.75 Å². The number of rotatable bonds is 4. The molecule has 0 amide bonds. The molecule has 2 N–H and O–H groups in total. The zero-order chi connectivity index (χ0) is 10.6. The predicted octanol–water partition coefficient (Wildman–Crippen LogP) is 0.726. The van der Waals surface area contributed by atoms with E-state index in [0.717, 1.165) is 5.56 Å². The van der Waals surface area contributed by atoms with Gasteiger partial charge in [0.05, 0.1) is 0 Å². The maximum absolute atomic E-state index is 11.2. The maximum Gasteiger partial charge on any atom is 0.353 e. The largest absolute Gasteiger partial charge is 0.616 e. The molecule has 0 saturated carbocycles. The van der Waals surface area contributed by atoms with Gasteiger partial charge in [0.25, 0.3) is 0 Å². The first kappa shape index (κ1) is 10.9. The van der Waals surface area contributed by atoms with Crippen LogP contribution in [0.3, 0.4) is 0 Å². The molecule has 0 aromatic heterocycles. The van der Waals surface area contributed by atoms with Crippen molar-refractivity contribution in [3.05, 3.63) is 29.8 Å². The van der Waals surface area contributed by atoms with Crippen LogP contribution >= 0.6 is 0 Å². The van der Waals surface area contributed by atoms with Crippen LogP contribution < -0.4 is 0 Å². The Hall–Kier alpha value is -1.20. The summed E-state index contributed by atoms with van der Waals surface area (Å²) in [6.07, 6.45) is 0. The summed E-state index contributed by atoms with van der Waals surface area (Å²) in [6, 6.07) is 6.20. The summed E-state index contributed by atoms with van der Waals surface area (Å²) in [4.78, 5) is 10.2. The van der Waals surface area contributed by atoms with Gasteiger partial charge in [0, 0.05) is 5.56 Å². The second kappa shape index (κ2) is 4.88. The zero-order valence-corrected chi connectivity index (χ0v) is 8.16. The SMILES string of the molecule is O=C(O)C[S+]([O-])Cc1ccc(O)cc1. The number of benzene rings is 1. The van der Waals surface area contributed by atoms with Gasteiger partial charge < -0.3 is 14.8 Å². The van der Waals surface area contributed by atoms with Crippen molar-refractivity contribution >= 4 is 17.1 Å². The van der Waals surface area contributed by atoms with Crippen molar-refractivity contribution in [1.29, 1.82) is 0 Å². The highest BCUT2D eigenvalue weighted by atomic mass is 32.2. The van der Waals surface area contributed by atoms with Crippen molar-refractivity contribution < 1.29 is 19.6 Å². The minimum absolute atomic E-state index is 0.137. The molecule has 14 heavy (non-hydrogen) atoms. The molecule has 1 atom stereocenters. The Balaban J connectivity index is 2.51. The van der Waals surface area contributed by atoms with E-state index in [1.165, 1.54) is 12.1 Å². The van der Waals surface area contributed by atoms with E-state index in [2.05, 4.69) is 0 Å². The van der Waals surface area contributed by atoms with E-state index >= 15 is 0 Å². The van der Waals surface area contributed by atoms with Gasteiger partial charge in [-0.15, -0.1) is 0 Å². The number of hydrogen-bond acceptors (Lipinski definition) is 3. The van der Waals surface area contributed by atoms with Crippen molar-refractivity contribution in [1.82, 2.24) is 0 Å². The lowest BCUT2D eigenvalue weighted by Gasteiger charge is -2.08. The van der Waals surface area contributed by atoms with Gasteiger partial charge in [-0.3, -0.25) is 0 Å². The van der Waals surface area contributed by atoms with Gasteiger partial charge in [-0.25, -0.2) is 4.79 Å². The standard InChI is InChI=1S/C9H10O4S/c10-8-3-1-7(2-4-8)5-14(13)6-9(11)12/h1-4,10H,5-6H2,(H,11,12). The predicted molar refractivity (Wildman–Crippen MR) is 52.5 cm³/mol. The van der Waals surface area contributed by atoms with Crippen LogP contribution in [0, 0.1) is 0 Å². The first-order chi connectivity index (χ1) is 6.58. The molecular weight excluding hydrogens is 204 g/mol. The molecule has 1 aromatic rings. The lowest BCUT2D eigenvalue weighted by Crippen LogP contribution is -2.16. The molecule has 1 rings (SSSR count). The third-order valence-electron chi connectivity index (χ3n) is 1.55. The summed E-state index contributed by atoms with van der Waals surface area (Å²) in [7, 11) is 0. The highest BCUT2D eigenvalue weighted by Crippen LogP contribution is 2.12. The first-order valence-corrected chi connectivity index (χ1v) is 5.41. The van der Waals surface area contributed by atoms with Gasteiger partial charge in [0.15, 0.2) is 0 Å². The zero-order valence-electron chi connectivity index (χ0n) is 7.34. The van der Waals surface area contributed by atoms with Gasteiger partial charge in [-0.1, -0.05) is 12.1 Å². The average molecular weight is 214 g/mol. The van der Waals surface area contributed by atoms with E-state index in [0.29, 0.717) is 0 Å². The molecule has 1 aromatic carbocycles. The number of carboxylic acids is 1. The van der Waals surface area contributed by atoms with E-state index in [-0.39, 0.29) is 17.3 Å². The van der Waals surface area contributed by atoms with Crippen LogP contribution in [0.15, 0.2) is 24.3 Å². The molecule has 0 aliphatic heterocycles. The Bertz CT molecular complexity index is 309. The van der Waals surface area contributed by atoms with Crippen LogP contribution in [0.2, 0.25) is 0 Å². The fourth-order valence-electron chi connectivity index (χ4n) is 0.967. The number of hydrogen-bond donors (Lipinski definition) is 2. The lowest BCUT2D eigenvalue weighted by atomic mass is 10.2. The first-order valence-electron chi connectivity index (χ1n) is 3.92. The third-order valence-corrected chi connectivity index (χ3v) is 2.77. The summed E-state index contributed by atoms with van der Waals surface area (Å²) in [5.74, 6) is -1.08. The van der Waals surface area contributed by atoms with Crippen molar-refractivity contribution in [3.8, 4) is 5.75 Å². The topological polar surface area (TPSA) is 80.6 Å². The molecular formula is C9H10O4S. The van der Waals surface area contributed by atoms with E-state index in [1.54, 1.807) is 12.1 Å². The molecule has 0 saturated heterocycles. The number of aliphatic carboxylic acids is 1. The highest BCUT2D eigenvalue weighted by Gasteiger charge is 2.12. The number of aromatic hydroxyl groups is 1.